The summed E-state index contributed by atoms with van der Waals surface area (Å²) in [5, 5.41) is 8.90. The van der Waals surface area contributed by atoms with Crippen molar-refractivity contribution in [3.05, 3.63) is 21.6 Å². The highest BCUT2D eigenvalue weighted by Gasteiger charge is 2.14. The van der Waals surface area contributed by atoms with Crippen molar-refractivity contribution in [1.29, 1.82) is 0 Å². The topological polar surface area (TPSA) is 67.8 Å². The van der Waals surface area contributed by atoms with E-state index < -0.39 is 0 Å². The van der Waals surface area contributed by atoms with E-state index in [0.717, 1.165) is 10.6 Å². The lowest BCUT2D eigenvalue weighted by atomic mass is 10.4. The molecule has 0 aliphatic heterocycles. The van der Waals surface area contributed by atoms with Gasteiger partial charge in [0.05, 0.1) is 10.6 Å². The molecule has 2 rings (SSSR count). The van der Waals surface area contributed by atoms with Crippen LogP contribution < -0.4 is 5.32 Å². The maximum atomic E-state index is 11.7. The number of amides is 1. The Labute approximate surface area is 94.3 Å². The first-order chi connectivity index (χ1) is 7.16. The molecule has 5 nitrogen and oxygen atoms in total. The van der Waals surface area contributed by atoms with Crippen LogP contribution in [0.3, 0.4) is 0 Å². The third-order valence-corrected chi connectivity index (χ3v) is 3.21. The molecule has 15 heavy (non-hydrogen) atoms. The second kappa shape index (κ2) is 4.03. The van der Waals surface area contributed by atoms with Crippen LogP contribution >= 0.6 is 22.9 Å². The summed E-state index contributed by atoms with van der Waals surface area (Å²) in [6.07, 6.45) is 0. The van der Waals surface area contributed by atoms with Crippen molar-refractivity contribution < 1.29 is 4.79 Å². The summed E-state index contributed by atoms with van der Waals surface area (Å²) in [5.74, 6) is -0.254. The maximum absolute atomic E-state index is 11.7. The molecule has 0 spiro atoms. The van der Waals surface area contributed by atoms with Gasteiger partial charge in [0.15, 0.2) is 10.8 Å². The normalized spacial score (nSPS) is 10.3. The average Bonchev–Trinajstić information content (AvgIpc) is 2.75. The van der Waals surface area contributed by atoms with Crippen LogP contribution in [0.25, 0.3) is 0 Å². The third-order valence-electron chi connectivity index (χ3n) is 1.71. The summed E-state index contributed by atoms with van der Waals surface area (Å²) in [5.41, 5.74) is 1.26. The molecule has 0 atom stereocenters. The number of nitrogens with zero attached hydrogens (tertiary/aromatic N) is 3. The van der Waals surface area contributed by atoms with E-state index in [1.54, 1.807) is 0 Å². The van der Waals surface area contributed by atoms with E-state index in [1.807, 2.05) is 19.2 Å². The number of thiazole rings is 1. The molecule has 0 aliphatic rings. The molecule has 0 aromatic carbocycles. The Morgan fingerprint density at radius 3 is 2.80 bits per heavy atom. The SMILES string of the molecule is Cc1csc(NC(=O)c2nnsc2C)n1. The van der Waals surface area contributed by atoms with Crippen LogP contribution in [0, 0.1) is 13.8 Å². The monoisotopic (exact) mass is 240 g/mol. The lowest BCUT2D eigenvalue weighted by Crippen LogP contribution is -2.13. The minimum Gasteiger partial charge on any atom is -0.296 e. The van der Waals surface area contributed by atoms with Crippen molar-refractivity contribution in [2.24, 2.45) is 0 Å². The summed E-state index contributed by atoms with van der Waals surface area (Å²) >= 11 is 2.60. The fourth-order valence-electron chi connectivity index (χ4n) is 1.01. The molecule has 0 fully saturated rings. The maximum Gasteiger partial charge on any atom is 0.279 e. The molecule has 7 heteroatoms. The molecule has 0 unspecified atom stereocenters. The van der Waals surface area contributed by atoms with Gasteiger partial charge in [0.25, 0.3) is 5.91 Å². The van der Waals surface area contributed by atoms with Crippen molar-refractivity contribution in [3.8, 4) is 0 Å². The molecule has 0 aliphatic carbocycles. The molecular weight excluding hydrogens is 232 g/mol. The largest absolute Gasteiger partial charge is 0.296 e. The van der Waals surface area contributed by atoms with Gasteiger partial charge in [-0.25, -0.2) is 4.98 Å². The van der Waals surface area contributed by atoms with E-state index in [1.165, 1.54) is 22.9 Å². The molecule has 2 aromatic heterocycles. The Kier molecular flexibility index (Phi) is 2.74. The second-order valence-electron chi connectivity index (χ2n) is 2.93. The van der Waals surface area contributed by atoms with Crippen molar-refractivity contribution in [2.75, 3.05) is 5.32 Å². The van der Waals surface area contributed by atoms with Crippen LogP contribution in [0.15, 0.2) is 5.38 Å². The first-order valence-corrected chi connectivity index (χ1v) is 5.84. The van der Waals surface area contributed by atoms with E-state index in [4.69, 9.17) is 0 Å². The van der Waals surface area contributed by atoms with Gasteiger partial charge >= 0.3 is 0 Å². The minimum absolute atomic E-state index is 0.254. The second-order valence-corrected chi connectivity index (χ2v) is 4.74. The fraction of sp³-hybridized carbons (Fsp3) is 0.250. The summed E-state index contributed by atoms with van der Waals surface area (Å²) in [6, 6.07) is 0. The molecule has 0 radical (unpaired) electrons. The third kappa shape index (κ3) is 2.18. The number of carbonyl (C=O) groups excluding carboxylic acids is 1. The van der Waals surface area contributed by atoms with Gasteiger partial charge in [-0.05, 0) is 25.4 Å². The predicted molar refractivity (Wildman–Crippen MR) is 59.5 cm³/mol. The van der Waals surface area contributed by atoms with Gasteiger partial charge in [-0.15, -0.1) is 16.4 Å². The van der Waals surface area contributed by atoms with E-state index in [-0.39, 0.29) is 5.91 Å². The first kappa shape index (κ1) is 10.2. The lowest BCUT2D eigenvalue weighted by molar-refractivity contribution is 0.102. The predicted octanol–water partition coefficient (Wildman–Crippen LogP) is 1.86. The van der Waals surface area contributed by atoms with E-state index in [9.17, 15) is 4.79 Å². The minimum atomic E-state index is -0.254. The molecule has 2 heterocycles. The smallest absolute Gasteiger partial charge is 0.279 e. The van der Waals surface area contributed by atoms with Crippen LogP contribution in [0.5, 0.6) is 0 Å². The van der Waals surface area contributed by atoms with Gasteiger partial charge in [-0.1, -0.05) is 4.49 Å². The van der Waals surface area contributed by atoms with E-state index >= 15 is 0 Å². The fourth-order valence-corrected chi connectivity index (χ4v) is 2.16. The van der Waals surface area contributed by atoms with Crippen LogP contribution in [0.1, 0.15) is 21.1 Å². The van der Waals surface area contributed by atoms with Crippen molar-refractivity contribution in [1.82, 2.24) is 14.6 Å². The van der Waals surface area contributed by atoms with Crippen LogP contribution in [-0.2, 0) is 0 Å². The van der Waals surface area contributed by atoms with Crippen molar-refractivity contribution in [2.45, 2.75) is 13.8 Å². The quantitative estimate of drug-likeness (QED) is 0.870. The number of hydrogen-bond donors (Lipinski definition) is 1. The van der Waals surface area contributed by atoms with Gasteiger partial charge < -0.3 is 0 Å². The summed E-state index contributed by atoms with van der Waals surface area (Å²) in [4.78, 5) is 16.6. The summed E-state index contributed by atoms with van der Waals surface area (Å²) in [6.45, 7) is 3.69. The highest BCUT2D eigenvalue weighted by molar-refractivity contribution is 7.14. The first-order valence-electron chi connectivity index (χ1n) is 4.19. The zero-order chi connectivity index (χ0) is 10.8. The van der Waals surface area contributed by atoms with Gasteiger partial charge in [-0.2, -0.15) is 0 Å². The average molecular weight is 240 g/mol. The number of anilines is 1. The van der Waals surface area contributed by atoms with Gasteiger partial charge in [0.1, 0.15) is 0 Å². The molecule has 2 aromatic rings. The number of rotatable bonds is 2. The molecule has 0 saturated carbocycles. The number of carbonyl (C=O) groups is 1. The Morgan fingerprint density at radius 2 is 2.27 bits per heavy atom. The molecule has 78 valence electrons. The van der Waals surface area contributed by atoms with E-state index in [2.05, 4.69) is 19.9 Å². The van der Waals surface area contributed by atoms with Crippen LogP contribution in [0.2, 0.25) is 0 Å². The number of aromatic nitrogens is 3. The lowest BCUT2D eigenvalue weighted by Gasteiger charge is -1.97. The molecule has 0 saturated heterocycles. The Hall–Kier alpha value is -1.34. The number of nitrogens with one attached hydrogen (secondary N) is 1. The number of hydrogen-bond acceptors (Lipinski definition) is 6. The molecular formula is C8H8N4OS2. The Morgan fingerprint density at radius 1 is 1.47 bits per heavy atom. The zero-order valence-electron chi connectivity index (χ0n) is 8.14. The van der Waals surface area contributed by atoms with E-state index in [0.29, 0.717) is 10.8 Å². The summed E-state index contributed by atoms with van der Waals surface area (Å²) in [7, 11) is 0. The molecule has 1 N–H and O–H groups in total. The Bertz CT molecular complexity index is 490. The highest BCUT2D eigenvalue weighted by atomic mass is 32.1. The van der Waals surface area contributed by atoms with Crippen LogP contribution in [0.4, 0.5) is 5.13 Å². The standard InChI is InChI=1S/C8H8N4OS2/c1-4-3-14-8(9-4)10-7(13)6-5(2)15-12-11-6/h3H,1-2H3,(H,9,10,13). The number of aryl methyl sites for hydroxylation is 2. The van der Waals surface area contributed by atoms with Gasteiger partial charge in [0.2, 0.25) is 0 Å². The Balaban J connectivity index is 2.14. The van der Waals surface area contributed by atoms with Gasteiger partial charge in [0, 0.05) is 5.38 Å². The van der Waals surface area contributed by atoms with Crippen molar-refractivity contribution >= 4 is 33.9 Å². The zero-order valence-corrected chi connectivity index (χ0v) is 9.78. The molecule has 1 amide bonds. The van der Waals surface area contributed by atoms with Crippen LogP contribution in [-0.4, -0.2) is 20.5 Å². The van der Waals surface area contributed by atoms with Gasteiger partial charge in [-0.3, -0.25) is 10.1 Å². The van der Waals surface area contributed by atoms with Crippen molar-refractivity contribution in [3.63, 3.8) is 0 Å². The highest BCUT2D eigenvalue weighted by Crippen LogP contribution is 2.16. The molecule has 0 bridgehead atoms. The summed E-state index contributed by atoms with van der Waals surface area (Å²) < 4.78 is 3.70.